The van der Waals surface area contributed by atoms with E-state index < -0.39 is 11.6 Å². The van der Waals surface area contributed by atoms with Gasteiger partial charge in [-0.25, -0.2) is 14.7 Å². The molecule has 4 amide bonds. The van der Waals surface area contributed by atoms with Gasteiger partial charge in [-0.3, -0.25) is 14.6 Å². The van der Waals surface area contributed by atoms with E-state index in [4.69, 9.17) is 0 Å². The maximum absolute atomic E-state index is 13.7. The number of amides is 4. The number of urea groups is 1. The molecule has 0 bridgehead atoms. The van der Waals surface area contributed by atoms with Crippen LogP contribution in [-0.4, -0.2) is 44.8 Å². The largest absolute Gasteiger partial charge is 0.340 e. The first-order valence-electron chi connectivity index (χ1n) is 12.2. The molecule has 0 saturated carbocycles. The van der Waals surface area contributed by atoms with Crippen molar-refractivity contribution in [3.8, 4) is 0 Å². The van der Waals surface area contributed by atoms with Gasteiger partial charge >= 0.3 is 6.03 Å². The van der Waals surface area contributed by atoms with Crippen LogP contribution in [0.2, 0.25) is 0 Å². The molecule has 190 valence electrons. The van der Waals surface area contributed by atoms with E-state index in [2.05, 4.69) is 29.1 Å². The normalized spacial score (nSPS) is 17.8. The highest BCUT2D eigenvalue weighted by atomic mass is 16.2. The average molecular weight is 499 g/mol. The van der Waals surface area contributed by atoms with Gasteiger partial charge in [-0.15, -0.1) is 0 Å². The number of fused-ring (bicyclic) bond motifs is 1. The third-order valence-electron chi connectivity index (χ3n) is 7.13. The summed E-state index contributed by atoms with van der Waals surface area (Å²) < 4.78 is 0. The lowest BCUT2D eigenvalue weighted by Crippen LogP contribution is -2.43. The van der Waals surface area contributed by atoms with E-state index in [0.29, 0.717) is 18.1 Å². The second-order valence-electron chi connectivity index (χ2n) is 10.7. The molecule has 5 rings (SSSR count). The van der Waals surface area contributed by atoms with E-state index in [0.717, 1.165) is 22.5 Å². The molecule has 0 spiro atoms. The highest BCUT2D eigenvalue weighted by molar-refractivity contribution is 6.23. The van der Waals surface area contributed by atoms with Gasteiger partial charge in [0.15, 0.2) is 0 Å². The zero-order valence-corrected chi connectivity index (χ0v) is 21.6. The van der Waals surface area contributed by atoms with Crippen LogP contribution in [0.1, 0.15) is 45.7 Å². The van der Waals surface area contributed by atoms with Crippen LogP contribution < -0.4 is 15.1 Å². The van der Waals surface area contributed by atoms with E-state index >= 15 is 0 Å². The maximum Gasteiger partial charge on any atom is 0.332 e. The van der Waals surface area contributed by atoms with Crippen molar-refractivity contribution in [2.75, 3.05) is 21.7 Å². The van der Waals surface area contributed by atoms with Crippen LogP contribution >= 0.6 is 0 Å². The number of benzene rings is 1. The summed E-state index contributed by atoms with van der Waals surface area (Å²) in [6.45, 7) is 9.99. The van der Waals surface area contributed by atoms with E-state index in [9.17, 15) is 14.4 Å². The number of hydrogen-bond donors (Lipinski definition) is 1. The Morgan fingerprint density at radius 2 is 1.73 bits per heavy atom. The summed E-state index contributed by atoms with van der Waals surface area (Å²) in [5, 5.41) is 3.22. The topological polar surface area (TPSA) is 98.7 Å². The molecule has 2 aromatic heterocycles. The molecule has 2 aliphatic heterocycles. The second-order valence-corrected chi connectivity index (χ2v) is 10.7. The molecule has 0 atom stereocenters. The minimum atomic E-state index is -1.06. The van der Waals surface area contributed by atoms with Crippen molar-refractivity contribution in [3.63, 3.8) is 0 Å². The lowest BCUT2D eigenvalue weighted by Gasteiger charge is -2.27. The Hall–Kier alpha value is -4.27. The molecule has 0 radical (unpaired) electrons. The van der Waals surface area contributed by atoms with Crippen molar-refractivity contribution in [2.45, 2.75) is 52.1 Å². The van der Waals surface area contributed by atoms with Crippen LogP contribution in [0.4, 0.5) is 27.7 Å². The molecule has 1 aromatic carbocycles. The number of hydrogen-bond acceptors (Lipinski definition) is 6. The van der Waals surface area contributed by atoms with Gasteiger partial charge in [-0.2, -0.15) is 0 Å². The Morgan fingerprint density at radius 1 is 1.00 bits per heavy atom. The summed E-state index contributed by atoms with van der Waals surface area (Å²) in [4.78, 5) is 52.4. The number of carbonyl (C=O) groups excluding carboxylic acids is 3. The van der Waals surface area contributed by atoms with Crippen molar-refractivity contribution in [1.29, 1.82) is 0 Å². The number of pyridine rings is 2. The Labute approximate surface area is 216 Å². The fourth-order valence-electron chi connectivity index (χ4n) is 5.04. The molecule has 1 saturated heterocycles. The van der Waals surface area contributed by atoms with Crippen LogP contribution in [0.15, 0.2) is 61.1 Å². The Morgan fingerprint density at radius 3 is 2.43 bits per heavy atom. The predicted molar refractivity (Wildman–Crippen MR) is 142 cm³/mol. The zero-order chi connectivity index (χ0) is 26.5. The molecule has 0 aliphatic carbocycles. The summed E-state index contributed by atoms with van der Waals surface area (Å²) in [7, 11) is 0. The average Bonchev–Trinajstić information content (AvgIpc) is 3.22. The summed E-state index contributed by atoms with van der Waals surface area (Å²) in [5.74, 6) is 0.244. The summed E-state index contributed by atoms with van der Waals surface area (Å²) >= 11 is 0. The summed E-state index contributed by atoms with van der Waals surface area (Å²) in [6.07, 6.45) is 5.05. The SMILES string of the molecule is CC(=O)N1CC(C)(C)c2ccc(N3C(=O)N(Cc4ccnc(Nc5ccncc5)c4)C(C)(C)C3=O)cc21. The first kappa shape index (κ1) is 24.4. The summed E-state index contributed by atoms with van der Waals surface area (Å²) in [6, 6.07) is 12.5. The minimum absolute atomic E-state index is 0.0705. The maximum atomic E-state index is 13.7. The van der Waals surface area contributed by atoms with Crippen molar-refractivity contribution < 1.29 is 14.4 Å². The van der Waals surface area contributed by atoms with Gasteiger partial charge in [-0.1, -0.05) is 19.9 Å². The smallest absolute Gasteiger partial charge is 0.332 e. The third kappa shape index (κ3) is 4.20. The molecular weight excluding hydrogens is 468 g/mol. The van der Waals surface area contributed by atoms with Crippen LogP contribution in [0.5, 0.6) is 0 Å². The van der Waals surface area contributed by atoms with Gasteiger partial charge in [0.25, 0.3) is 5.91 Å². The number of nitrogens with zero attached hydrogens (tertiary/aromatic N) is 5. The zero-order valence-electron chi connectivity index (χ0n) is 21.6. The Kier molecular flexibility index (Phi) is 5.73. The molecular formula is C28H30N6O3. The Bertz CT molecular complexity index is 1400. The molecule has 9 heteroatoms. The van der Waals surface area contributed by atoms with Gasteiger partial charge in [0.2, 0.25) is 5.91 Å². The predicted octanol–water partition coefficient (Wildman–Crippen LogP) is 4.61. The number of rotatable bonds is 5. The van der Waals surface area contributed by atoms with Gasteiger partial charge in [0.1, 0.15) is 11.4 Å². The van der Waals surface area contributed by atoms with Crippen LogP contribution in [0, 0.1) is 0 Å². The lowest BCUT2D eigenvalue weighted by molar-refractivity contribution is -0.123. The van der Waals surface area contributed by atoms with Crippen LogP contribution in [0.3, 0.4) is 0 Å². The molecule has 37 heavy (non-hydrogen) atoms. The van der Waals surface area contributed by atoms with E-state index in [1.54, 1.807) is 54.4 Å². The molecule has 9 nitrogen and oxygen atoms in total. The van der Waals surface area contributed by atoms with Gasteiger partial charge in [0, 0.05) is 55.4 Å². The van der Waals surface area contributed by atoms with Crippen molar-refractivity contribution in [1.82, 2.24) is 14.9 Å². The molecule has 1 N–H and O–H groups in total. The van der Waals surface area contributed by atoms with Crippen molar-refractivity contribution in [2.24, 2.45) is 0 Å². The van der Waals surface area contributed by atoms with E-state index in [1.165, 1.54) is 11.8 Å². The van der Waals surface area contributed by atoms with Crippen molar-refractivity contribution >= 4 is 40.7 Å². The number of anilines is 4. The van der Waals surface area contributed by atoms with E-state index in [-0.39, 0.29) is 23.8 Å². The molecule has 1 fully saturated rings. The number of carbonyl (C=O) groups is 3. The highest BCUT2D eigenvalue weighted by Gasteiger charge is 2.52. The van der Waals surface area contributed by atoms with Crippen LogP contribution in [0.25, 0.3) is 0 Å². The standard InChI is InChI=1S/C28H30N6O3/c1-18(35)32-17-27(2,3)22-7-6-21(15-23(22)32)34-25(36)28(4,5)33(26(34)37)16-19-8-13-30-24(14-19)31-20-9-11-29-12-10-20/h6-15H,16-17H2,1-5H3,(H,29,30,31). The van der Waals surface area contributed by atoms with Crippen LogP contribution in [-0.2, 0) is 21.5 Å². The third-order valence-corrected chi connectivity index (χ3v) is 7.13. The fraction of sp³-hybridized carbons (Fsp3) is 0.321. The number of aromatic nitrogens is 2. The van der Waals surface area contributed by atoms with Crippen molar-refractivity contribution in [3.05, 3.63) is 72.2 Å². The number of nitrogens with one attached hydrogen (secondary N) is 1. The minimum Gasteiger partial charge on any atom is -0.340 e. The van der Waals surface area contributed by atoms with Gasteiger partial charge < -0.3 is 15.1 Å². The van der Waals surface area contributed by atoms with Gasteiger partial charge in [-0.05, 0) is 61.4 Å². The second kappa shape index (κ2) is 8.69. The quantitative estimate of drug-likeness (QED) is 0.516. The summed E-state index contributed by atoms with van der Waals surface area (Å²) in [5.41, 5.74) is 2.63. The Balaban J connectivity index is 1.43. The van der Waals surface area contributed by atoms with E-state index in [1.807, 2.05) is 30.3 Å². The monoisotopic (exact) mass is 498 g/mol. The lowest BCUT2D eigenvalue weighted by atomic mass is 9.87. The molecule has 4 heterocycles. The first-order valence-corrected chi connectivity index (χ1v) is 12.2. The van der Waals surface area contributed by atoms with Gasteiger partial charge in [0.05, 0.1) is 5.69 Å². The molecule has 2 aliphatic rings. The highest BCUT2D eigenvalue weighted by Crippen LogP contribution is 2.44. The molecule has 0 unspecified atom stereocenters. The molecule has 3 aromatic rings. The number of imide groups is 1. The first-order chi connectivity index (χ1) is 17.5. The fourth-order valence-corrected chi connectivity index (χ4v) is 5.04.